The first-order chi connectivity index (χ1) is 6.63. The van der Waals surface area contributed by atoms with Crippen LogP contribution in [0.5, 0.6) is 0 Å². The van der Waals surface area contributed by atoms with Gasteiger partial charge in [0.1, 0.15) is 0 Å². The maximum absolute atomic E-state index is 11.6. The van der Waals surface area contributed by atoms with Gasteiger partial charge in [0.15, 0.2) is 5.78 Å². The predicted octanol–water partition coefficient (Wildman–Crippen LogP) is 2.65. The van der Waals surface area contributed by atoms with Gasteiger partial charge in [-0.25, -0.2) is 0 Å². The molecule has 1 aromatic carbocycles. The summed E-state index contributed by atoms with van der Waals surface area (Å²) in [5, 5.41) is 0.640. The molecule has 0 aliphatic heterocycles. The summed E-state index contributed by atoms with van der Waals surface area (Å²) in [5.41, 5.74) is 6.37. The van der Waals surface area contributed by atoms with Crippen molar-refractivity contribution in [2.24, 2.45) is 5.73 Å². The molecular weight excluding hydrogens is 198 g/mol. The van der Waals surface area contributed by atoms with Gasteiger partial charge in [0.2, 0.25) is 0 Å². The number of carbonyl (C=O) groups is 1. The van der Waals surface area contributed by atoms with Crippen LogP contribution < -0.4 is 5.73 Å². The van der Waals surface area contributed by atoms with Crippen molar-refractivity contribution >= 4 is 17.4 Å². The number of Topliss-reactive ketones (excluding diaryl/α,β-unsaturated/α-hetero) is 1. The van der Waals surface area contributed by atoms with Gasteiger partial charge in [-0.05, 0) is 30.7 Å². The second-order valence-corrected chi connectivity index (χ2v) is 3.74. The Bertz CT molecular complexity index is 308. The van der Waals surface area contributed by atoms with Crippen LogP contribution in [-0.2, 0) is 0 Å². The van der Waals surface area contributed by atoms with Crippen molar-refractivity contribution in [1.82, 2.24) is 0 Å². The number of carbonyl (C=O) groups excluding carboxylic acids is 1. The van der Waals surface area contributed by atoms with E-state index in [4.69, 9.17) is 17.3 Å². The lowest BCUT2D eigenvalue weighted by atomic mass is 10.0. The highest BCUT2D eigenvalue weighted by molar-refractivity contribution is 6.30. The smallest absolute Gasteiger partial charge is 0.164 e. The summed E-state index contributed by atoms with van der Waals surface area (Å²) in [4.78, 5) is 11.6. The second kappa shape index (κ2) is 5.13. The molecule has 0 heterocycles. The van der Waals surface area contributed by atoms with E-state index in [9.17, 15) is 4.79 Å². The van der Waals surface area contributed by atoms with Gasteiger partial charge in [-0.3, -0.25) is 4.79 Å². The predicted molar refractivity (Wildman–Crippen MR) is 58.7 cm³/mol. The largest absolute Gasteiger partial charge is 0.327 e. The quantitative estimate of drug-likeness (QED) is 0.779. The minimum Gasteiger partial charge on any atom is -0.327 e. The number of halogens is 1. The highest BCUT2D eigenvalue weighted by atomic mass is 35.5. The third kappa shape index (κ3) is 3.13. The molecule has 76 valence electrons. The first-order valence-electron chi connectivity index (χ1n) is 4.67. The molecule has 0 aliphatic carbocycles. The zero-order valence-electron chi connectivity index (χ0n) is 8.16. The van der Waals surface area contributed by atoms with Gasteiger partial charge in [0.25, 0.3) is 0 Å². The lowest BCUT2D eigenvalue weighted by Gasteiger charge is -2.07. The highest BCUT2D eigenvalue weighted by Gasteiger charge is 2.09. The normalized spacial score (nSPS) is 12.5. The van der Waals surface area contributed by atoms with Gasteiger partial charge in [-0.1, -0.05) is 18.5 Å². The zero-order valence-corrected chi connectivity index (χ0v) is 8.92. The lowest BCUT2D eigenvalue weighted by Crippen LogP contribution is -2.22. The van der Waals surface area contributed by atoms with E-state index >= 15 is 0 Å². The summed E-state index contributed by atoms with van der Waals surface area (Å²) in [6, 6.07) is 6.84. The van der Waals surface area contributed by atoms with Crippen LogP contribution in [0.2, 0.25) is 5.02 Å². The van der Waals surface area contributed by atoms with Crippen LogP contribution in [0.4, 0.5) is 0 Å². The van der Waals surface area contributed by atoms with Crippen LogP contribution in [-0.4, -0.2) is 11.8 Å². The van der Waals surface area contributed by atoms with E-state index in [2.05, 4.69) is 0 Å². The van der Waals surface area contributed by atoms with Crippen LogP contribution >= 0.6 is 11.6 Å². The minimum absolute atomic E-state index is 0.0434. The molecule has 2 nitrogen and oxygen atoms in total. The van der Waals surface area contributed by atoms with Gasteiger partial charge >= 0.3 is 0 Å². The Morgan fingerprint density at radius 2 is 2.00 bits per heavy atom. The standard InChI is InChI=1S/C11H14ClNO/c1-2-10(13)7-11(14)8-3-5-9(12)6-4-8/h3-6,10H,2,7,13H2,1H3. The highest BCUT2D eigenvalue weighted by Crippen LogP contribution is 2.12. The SMILES string of the molecule is CCC(N)CC(=O)c1ccc(Cl)cc1. The molecule has 1 aromatic rings. The molecule has 1 unspecified atom stereocenters. The molecule has 14 heavy (non-hydrogen) atoms. The minimum atomic E-state index is -0.0434. The van der Waals surface area contributed by atoms with Gasteiger partial charge < -0.3 is 5.73 Å². The summed E-state index contributed by atoms with van der Waals surface area (Å²) in [6.45, 7) is 1.97. The van der Waals surface area contributed by atoms with E-state index in [-0.39, 0.29) is 11.8 Å². The average molecular weight is 212 g/mol. The Morgan fingerprint density at radius 1 is 1.43 bits per heavy atom. The molecule has 0 aliphatic rings. The van der Waals surface area contributed by atoms with Crippen LogP contribution in [0.1, 0.15) is 30.1 Å². The molecule has 0 saturated carbocycles. The summed E-state index contributed by atoms with van der Waals surface area (Å²) < 4.78 is 0. The number of rotatable bonds is 4. The maximum Gasteiger partial charge on any atom is 0.164 e. The molecule has 0 aromatic heterocycles. The molecule has 3 heteroatoms. The summed E-state index contributed by atoms with van der Waals surface area (Å²) in [6.07, 6.45) is 1.22. The first-order valence-corrected chi connectivity index (χ1v) is 5.05. The zero-order chi connectivity index (χ0) is 10.6. The second-order valence-electron chi connectivity index (χ2n) is 3.30. The molecule has 0 fully saturated rings. The van der Waals surface area contributed by atoms with Crippen molar-refractivity contribution in [1.29, 1.82) is 0 Å². The van der Waals surface area contributed by atoms with Gasteiger partial charge in [0, 0.05) is 23.0 Å². The Labute approximate surface area is 89.1 Å². The number of hydrogen-bond donors (Lipinski definition) is 1. The van der Waals surface area contributed by atoms with Gasteiger partial charge in [-0.2, -0.15) is 0 Å². The molecule has 0 saturated heterocycles. The number of hydrogen-bond acceptors (Lipinski definition) is 2. The first kappa shape index (κ1) is 11.2. The van der Waals surface area contributed by atoms with Crippen molar-refractivity contribution in [3.8, 4) is 0 Å². The Balaban J connectivity index is 2.65. The Kier molecular flexibility index (Phi) is 4.11. The van der Waals surface area contributed by atoms with E-state index in [1.165, 1.54) is 0 Å². The molecule has 2 N–H and O–H groups in total. The maximum atomic E-state index is 11.6. The molecule has 1 atom stereocenters. The summed E-state index contributed by atoms with van der Waals surface area (Å²) in [7, 11) is 0. The van der Waals surface area contributed by atoms with Crippen molar-refractivity contribution in [3.05, 3.63) is 34.9 Å². The molecule has 0 amide bonds. The van der Waals surface area contributed by atoms with Crippen molar-refractivity contribution in [2.45, 2.75) is 25.8 Å². The van der Waals surface area contributed by atoms with E-state index in [0.29, 0.717) is 17.0 Å². The molecule has 0 bridgehead atoms. The molecular formula is C11H14ClNO. The number of ketones is 1. The van der Waals surface area contributed by atoms with Crippen molar-refractivity contribution < 1.29 is 4.79 Å². The van der Waals surface area contributed by atoms with E-state index in [1.54, 1.807) is 24.3 Å². The van der Waals surface area contributed by atoms with E-state index < -0.39 is 0 Å². The topological polar surface area (TPSA) is 43.1 Å². The Morgan fingerprint density at radius 3 is 2.50 bits per heavy atom. The van der Waals surface area contributed by atoms with Crippen molar-refractivity contribution in [2.75, 3.05) is 0 Å². The fourth-order valence-corrected chi connectivity index (χ4v) is 1.26. The number of nitrogens with two attached hydrogens (primary N) is 1. The van der Waals surface area contributed by atoms with Crippen LogP contribution in [0, 0.1) is 0 Å². The van der Waals surface area contributed by atoms with Gasteiger partial charge in [-0.15, -0.1) is 0 Å². The monoisotopic (exact) mass is 211 g/mol. The fourth-order valence-electron chi connectivity index (χ4n) is 1.14. The third-order valence-corrected chi connectivity index (χ3v) is 2.39. The van der Waals surface area contributed by atoms with Gasteiger partial charge in [0.05, 0.1) is 0 Å². The summed E-state index contributed by atoms with van der Waals surface area (Å²) >= 11 is 5.71. The molecule has 1 rings (SSSR count). The van der Waals surface area contributed by atoms with Crippen LogP contribution in [0.3, 0.4) is 0 Å². The number of benzene rings is 1. The van der Waals surface area contributed by atoms with E-state index in [0.717, 1.165) is 6.42 Å². The van der Waals surface area contributed by atoms with E-state index in [1.807, 2.05) is 6.92 Å². The van der Waals surface area contributed by atoms with Crippen molar-refractivity contribution in [3.63, 3.8) is 0 Å². The van der Waals surface area contributed by atoms with Crippen LogP contribution in [0.15, 0.2) is 24.3 Å². The average Bonchev–Trinajstić information content (AvgIpc) is 2.18. The molecule has 0 radical (unpaired) electrons. The lowest BCUT2D eigenvalue weighted by molar-refractivity contribution is 0.0974. The summed E-state index contributed by atoms with van der Waals surface area (Å²) in [5.74, 6) is 0.0796. The molecule has 0 spiro atoms. The Hall–Kier alpha value is -0.860. The van der Waals surface area contributed by atoms with Crippen LogP contribution in [0.25, 0.3) is 0 Å². The fraction of sp³-hybridized carbons (Fsp3) is 0.364. The third-order valence-electron chi connectivity index (χ3n) is 2.14.